The number of rotatable bonds is 4. The summed E-state index contributed by atoms with van der Waals surface area (Å²) in [6.07, 6.45) is 1.48. The lowest BCUT2D eigenvalue weighted by Gasteiger charge is -2.35. The van der Waals surface area contributed by atoms with E-state index in [2.05, 4.69) is 0 Å². The summed E-state index contributed by atoms with van der Waals surface area (Å²) in [6.45, 7) is -1.86. The van der Waals surface area contributed by atoms with Crippen LogP contribution in [0.2, 0.25) is 0 Å². The van der Waals surface area contributed by atoms with Crippen LogP contribution in [0.1, 0.15) is 13.3 Å². The molecule has 0 unspecified atom stereocenters. The van der Waals surface area contributed by atoms with Crippen LogP contribution in [-0.4, -0.2) is 33.5 Å². The van der Waals surface area contributed by atoms with Gasteiger partial charge in [0.05, 0.1) is 19.5 Å². The minimum absolute atomic E-state index is 0.0627. The zero-order chi connectivity index (χ0) is 12.4. The van der Waals surface area contributed by atoms with Gasteiger partial charge in [0, 0.05) is 11.2 Å². The van der Waals surface area contributed by atoms with E-state index in [0.29, 0.717) is 17.5 Å². The summed E-state index contributed by atoms with van der Waals surface area (Å²) in [5.41, 5.74) is -0.934. The second-order valence-electron chi connectivity index (χ2n) is 3.37. The first-order chi connectivity index (χ1) is 7.18. The second kappa shape index (κ2) is 5.14. The minimum Gasteiger partial charge on any atom is -0.294 e. The van der Waals surface area contributed by atoms with Gasteiger partial charge in [-0.2, -0.15) is 0 Å². The van der Waals surface area contributed by atoms with Gasteiger partial charge in [-0.1, -0.05) is 6.92 Å². The monoisotopic (exact) mass is 310 g/mol. The van der Waals surface area contributed by atoms with Gasteiger partial charge >= 0.3 is 6.95 Å². The molecule has 0 aromatic carbocycles. The summed E-state index contributed by atoms with van der Waals surface area (Å²) >= 11 is 5.72. The van der Waals surface area contributed by atoms with Gasteiger partial charge in [-0.3, -0.25) is 13.2 Å². The molecule has 96 valence electrons. The van der Waals surface area contributed by atoms with Crippen LogP contribution in [0.15, 0.2) is 0 Å². The van der Waals surface area contributed by atoms with E-state index >= 15 is 0 Å². The summed E-state index contributed by atoms with van der Waals surface area (Å²) in [6, 6.07) is 0. The largest absolute Gasteiger partial charge is 0.424 e. The van der Waals surface area contributed by atoms with Crippen molar-refractivity contribution in [3.05, 3.63) is 0 Å². The van der Waals surface area contributed by atoms with Crippen molar-refractivity contribution in [2.45, 2.75) is 18.9 Å². The lowest BCUT2D eigenvalue weighted by Crippen LogP contribution is -2.42. The van der Waals surface area contributed by atoms with E-state index in [1.165, 1.54) is 0 Å². The molecule has 0 bridgehead atoms. The molecule has 0 N–H and O–H groups in total. The maximum Gasteiger partial charge on any atom is 0.424 e. The Morgan fingerprint density at radius 3 is 2.38 bits per heavy atom. The average molecular weight is 311 g/mol. The molecule has 1 rings (SSSR count). The van der Waals surface area contributed by atoms with Gasteiger partial charge in [0.1, 0.15) is 16.7 Å². The second-order valence-corrected chi connectivity index (χ2v) is 9.93. The molecule has 10 heteroatoms. The highest BCUT2D eigenvalue weighted by molar-refractivity contribution is 8.69. The van der Waals surface area contributed by atoms with E-state index in [-0.39, 0.29) is 13.2 Å². The van der Waals surface area contributed by atoms with Crippen molar-refractivity contribution in [2.75, 3.05) is 19.5 Å². The summed E-state index contributed by atoms with van der Waals surface area (Å²) in [5.74, 6) is 0. The quantitative estimate of drug-likeness (QED) is 0.447. The van der Waals surface area contributed by atoms with Crippen LogP contribution in [-0.2, 0) is 26.7 Å². The van der Waals surface area contributed by atoms with Crippen LogP contribution in [0.4, 0.5) is 0 Å². The van der Waals surface area contributed by atoms with Crippen LogP contribution in [0.25, 0.3) is 0 Å². The molecule has 6 nitrogen and oxygen atoms in total. The molecule has 0 spiro atoms. The Kier molecular flexibility index (Phi) is 4.74. The van der Waals surface area contributed by atoms with Gasteiger partial charge in [-0.25, -0.2) is 13.0 Å². The molecular formula is C6H12ClO6PS2. The van der Waals surface area contributed by atoms with Crippen molar-refractivity contribution in [3.63, 3.8) is 0 Å². The number of hydrogen-bond acceptors (Lipinski definition) is 7. The molecule has 16 heavy (non-hydrogen) atoms. The highest BCUT2D eigenvalue weighted by Crippen LogP contribution is 2.57. The minimum atomic E-state index is -3.51. The topological polar surface area (TPSA) is 78.9 Å². The fraction of sp³-hybridized carbons (Fsp3) is 1.00. The zero-order valence-electron chi connectivity index (χ0n) is 8.71. The molecule has 0 aromatic rings. The van der Waals surface area contributed by atoms with Gasteiger partial charge in [0.25, 0.3) is 0 Å². The van der Waals surface area contributed by atoms with Gasteiger partial charge in [0.15, 0.2) is 0 Å². The normalized spacial score (nSPS) is 36.2. The average Bonchev–Trinajstić information content (AvgIpc) is 2.16. The van der Waals surface area contributed by atoms with Crippen molar-refractivity contribution >= 4 is 38.1 Å². The Morgan fingerprint density at radius 1 is 1.50 bits per heavy atom. The molecule has 0 atom stereocenters. The van der Waals surface area contributed by atoms with Crippen molar-refractivity contribution < 1.29 is 26.2 Å². The molecule has 0 amide bonds. The molecule has 0 saturated carbocycles. The highest BCUT2D eigenvalue weighted by atomic mass is 35.7. The predicted octanol–water partition coefficient (Wildman–Crippen LogP) is 2.15. The van der Waals surface area contributed by atoms with Crippen LogP contribution in [0.5, 0.6) is 0 Å². The molecular weight excluding hydrogens is 299 g/mol. The Labute approximate surface area is 103 Å². The maximum atomic E-state index is 11.2. The van der Waals surface area contributed by atoms with Crippen molar-refractivity contribution in [2.24, 2.45) is 0 Å². The lowest BCUT2D eigenvalue weighted by atomic mass is 10.0. The fourth-order valence-corrected chi connectivity index (χ4v) is 3.35. The smallest absolute Gasteiger partial charge is 0.294 e. The molecule has 0 aromatic heterocycles. The Morgan fingerprint density at radius 2 is 2.00 bits per heavy atom. The predicted molar refractivity (Wildman–Crippen MR) is 61.9 cm³/mol. The third-order valence-electron chi connectivity index (χ3n) is 1.94. The van der Waals surface area contributed by atoms with Crippen molar-refractivity contribution in [1.29, 1.82) is 0 Å². The van der Waals surface area contributed by atoms with Crippen LogP contribution >= 0.6 is 29.3 Å². The van der Waals surface area contributed by atoms with E-state index in [1.807, 2.05) is 0 Å². The van der Waals surface area contributed by atoms with Crippen molar-refractivity contribution in [1.82, 2.24) is 0 Å². The van der Waals surface area contributed by atoms with Crippen molar-refractivity contribution in [3.8, 4) is 0 Å². The molecule has 1 aliphatic heterocycles. The standard InChI is InChI=1S/C6H12ClO6PS2/c1-3-6(13-15-16(2,9)10)4-11-14(7,8)12-5-6/h3-5H2,1-2H3. The first-order valence-electron chi connectivity index (χ1n) is 4.34. The van der Waals surface area contributed by atoms with E-state index in [0.717, 1.165) is 6.26 Å². The van der Waals surface area contributed by atoms with Gasteiger partial charge < -0.3 is 0 Å². The Balaban J connectivity index is 2.63. The maximum absolute atomic E-state index is 11.2. The van der Waals surface area contributed by atoms with E-state index in [9.17, 15) is 13.0 Å². The molecule has 0 aliphatic carbocycles. The third kappa shape index (κ3) is 4.52. The van der Waals surface area contributed by atoms with Gasteiger partial charge in [-0.15, -0.1) is 0 Å². The molecule has 1 aliphatic rings. The van der Waals surface area contributed by atoms with E-state index in [4.69, 9.17) is 24.5 Å². The van der Waals surface area contributed by atoms with Crippen LogP contribution in [0.3, 0.4) is 0 Å². The highest BCUT2D eigenvalue weighted by Gasteiger charge is 2.42. The van der Waals surface area contributed by atoms with Gasteiger partial charge in [0.2, 0.25) is 8.87 Å². The van der Waals surface area contributed by atoms with Gasteiger partial charge in [-0.05, 0) is 6.42 Å². The molecule has 1 heterocycles. The third-order valence-corrected chi connectivity index (χ3v) is 5.02. The Bertz CT molecular complexity index is 384. The number of halogens is 1. The SMILES string of the molecule is CCC1(OSS(C)(=O)=O)COP(=O)(Cl)OC1. The lowest BCUT2D eigenvalue weighted by molar-refractivity contribution is -0.0397. The summed E-state index contributed by atoms with van der Waals surface area (Å²) in [7, 11) is -3.32. The van der Waals surface area contributed by atoms with Crippen LogP contribution < -0.4 is 0 Å². The molecule has 1 fully saturated rings. The summed E-state index contributed by atoms with van der Waals surface area (Å²) in [5, 5.41) is 0. The van der Waals surface area contributed by atoms with E-state index < -0.39 is 21.4 Å². The summed E-state index contributed by atoms with van der Waals surface area (Å²) < 4.78 is 47.8. The van der Waals surface area contributed by atoms with Crippen LogP contribution in [0, 0.1) is 0 Å². The van der Waals surface area contributed by atoms with E-state index in [1.54, 1.807) is 6.92 Å². The Hall–Kier alpha value is 0.700. The first kappa shape index (κ1) is 14.8. The first-order valence-corrected chi connectivity index (χ1v) is 9.94. The molecule has 0 radical (unpaired) electrons. The zero-order valence-corrected chi connectivity index (χ0v) is 12.0. The number of hydrogen-bond donors (Lipinski definition) is 0. The summed E-state index contributed by atoms with van der Waals surface area (Å²) in [4.78, 5) is 0. The fourth-order valence-electron chi connectivity index (χ4n) is 0.914. The molecule has 1 saturated heterocycles.